The van der Waals surface area contributed by atoms with Gasteiger partial charge in [0.05, 0.1) is 0 Å². The summed E-state index contributed by atoms with van der Waals surface area (Å²) in [6.07, 6.45) is 5.53. The maximum absolute atomic E-state index is 9.12. The largest absolute Gasteiger partial charge is 0.480 e. The highest BCUT2D eigenvalue weighted by atomic mass is 16.4. The second kappa shape index (κ2) is 9.50. The van der Waals surface area contributed by atoms with E-state index in [0.29, 0.717) is 0 Å². The summed E-state index contributed by atoms with van der Waals surface area (Å²) in [6, 6.07) is 11.4. The summed E-state index contributed by atoms with van der Waals surface area (Å²) >= 11 is 0. The molecule has 4 heteroatoms. The Labute approximate surface area is 120 Å². The molecule has 0 amide bonds. The van der Waals surface area contributed by atoms with E-state index in [2.05, 4.69) is 42.6 Å². The predicted octanol–water partition coefficient (Wildman–Crippen LogP) is 2.42. The van der Waals surface area contributed by atoms with Crippen LogP contribution in [0, 0.1) is 5.92 Å². The molecule has 1 aliphatic carbocycles. The first-order chi connectivity index (χ1) is 9.61. The summed E-state index contributed by atoms with van der Waals surface area (Å²) in [6.45, 7) is 2.62. The Morgan fingerprint density at radius 3 is 2.50 bits per heavy atom. The van der Waals surface area contributed by atoms with Crippen molar-refractivity contribution < 1.29 is 15.0 Å². The molecule has 2 atom stereocenters. The zero-order valence-electron chi connectivity index (χ0n) is 12.1. The molecule has 112 valence electrons. The number of benzene rings is 1. The lowest BCUT2D eigenvalue weighted by molar-refractivity contribution is -0.140. The van der Waals surface area contributed by atoms with E-state index < -0.39 is 12.6 Å². The molecular weight excluding hydrogens is 254 g/mol. The molecule has 2 rings (SSSR count). The van der Waals surface area contributed by atoms with Crippen molar-refractivity contribution in [1.82, 2.24) is 5.32 Å². The van der Waals surface area contributed by atoms with Gasteiger partial charge in [0, 0.05) is 12.6 Å². The maximum Gasteiger partial charge on any atom is 0.329 e. The Morgan fingerprint density at radius 1 is 1.30 bits per heavy atom. The van der Waals surface area contributed by atoms with Crippen LogP contribution in [-0.4, -0.2) is 28.8 Å². The van der Waals surface area contributed by atoms with Gasteiger partial charge in [0.25, 0.3) is 0 Å². The first-order valence-corrected chi connectivity index (χ1v) is 7.21. The summed E-state index contributed by atoms with van der Waals surface area (Å²) in [5, 5.41) is 18.7. The van der Waals surface area contributed by atoms with Crippen LogP contribution >= 0.6 is 0 Å². The van der Waals surface area contributed by atoms with Crippen molar-refractivity contribution in [2.45, 2.75) is 45.2 Å². The molecule has 1 aromatic carbocycles. The molecule has 0 bridgehead atoms. The van der Waals surface area contributed by atoms with Crippen molar-refractivity contribution >= 4 is 5.97 Å². The van der Waals surface area contributed by atoms with Gasteiger partial charge in [0.1, 0.15) is 6.61 Å². The smallest absolute Gasteiger partial charge is 0.329 e. The van der Waals surface area contributed by atoms with Gasteiger partial charge < -0.3 is 15.5 Å². The quantitative estimate of drug-likeness (QED) is 0.791. The zero-order chi connectivity index (χ0) is 14.8. The van der Waals surface area contributed by atoms with Gasteiger partial charge in [-0.1, -0.05) is 50.1 Å². The highest BCUT2D eigenvalue weighted by Gasteiger charge is 2.17. The molecule has 3 N–H and O–H groups in total. The third-order valence-electron chi connectivity index (χ3n) is 3.51. The molecule has 1 saturated carbocycles. The molecule has 20 heavy (non-hydrogen) atoms. The monoisotopic (exact) mass is 279 g/mol. The summed E-state index contributed by atoms with van der Waals surface area (Å²) in [5.41, 5.74) is 1.40. The Kier molecular flexibility index (Phi) is 7.92. The SMILES string of the molecule is CC1CCCC(NCc2ccccc2)C1.O=C(O)CO. The van der Waals surface area contributed by atoms with Crippen LogP contribution in [0.1, 0.15) is 38.2 Å². The Bertz CT molecular complexity index is 381. The number of rotatable bonds is 4. The molecule has 0 aliphatic heterocycles. The van der Waals surface area contributed by atoms with E-state index in [1.807, 2.05) is 0 Å². The topological polar surface area (TPSA) is 69.6 Å². The lowest BCUT2D eigenvalue weighted by Gasteiger charge is -2.27. The molecule has 0 heterocycles. The highest BCUT2D eigenvalue weighted by Crippen LogP contribution is 2.23. The number of hydrogen-bond acceptors (Lipinski definition) is 3. The van der Waals surface area contributed by atoms with Crippen molar-refractivity contribution in [3.63, 3.8) is 0 Å². The van der Waals surface area contributed by atoms with Crippen LogP contribution in [0.2, 0.25) is 0 Å². The fourth-order valence-corrected chi connectivity index (χ4v) is 2.48. The minimum atomic E-state index is -1.19. The number of aliphatic hydroxyl groups excluding tert-OH is 1. The van der Waals surface area contributed by atoms with Gasteiger partial charge in [0.15, 0.2) is 0 Å². The maximum atomic E-state index is 9.12. The lowest BCUT2D eigenvalue weighted by atomic mass is 9.87. The molecule has 0 radical (unpaired) electrons. The molecule has 1 fully saturated rings. The first kappa shape index (κ1) is 16.7. The Balaban J connectivity index is 0.000000347. The van der Waals surface area contributed by atoms with Gasteiger partial charge in [0.2, 0.25) is 0 Å². The van der Waals surface area contributed by atoms with Crippen molar-refractivity contribution in [2.75, 3.05) is 6.61 Å². The van der Waals surface area contributed by atoms with Crippen LogP contribution < -0.4 is 5.32 Å². The number of aliphatic carboxylic acids is 1. The lowest BCUT2D eigenvalue weighted by Crippen LogP contribution is -2.33. The summed E-state index contributed by atoms with van der Waals surface area (Å²) < 4.78 is 0. The first-order valence-electron chi connectivity index (χ1n) is 7.21. The van der Waals surface area contributed by atoms with Crippen LogP contribution in [-0.2, 0) is 11.3 Å². The van der Waals surface area contributed by atoms with Crippen molar-refractivity contribution in [2.24, 2.45) is 5.92 Å². The minimum absolute atomic E-state index is 0.744. The molecule has 1 aliphatic rings. The van der Waals surface area contributed by atoms with E-state index >= 15 is 0 Å². The number of aliphatic hydroxyl groups is 1. The van der Waals surface area contributed by atoms with E-state index in [-0.39, 0.29) is 0 Å². The predicted molar refractivity (Wildman–Crippen MR) is 79.4 cm³/mol. The second-order valence-electron chi connectivity index (χ2n) is 5.39. The molecule has 1 aromatic rings. The Morgan fingerprint density at radius 2 is 1.95 bits per heavy atom. The molecule has 0 saturated heterocycles. The molecular formula is C16H25NO3. The minimum Gasteiger partial charge on any atom is -0.480 e. The van der Waals surface area contributed by atoms with E-state index in [1.165, 1.54) is 31.2 Å². The van der Waals surface area contributed by atoms with Crippen molar-refractivity contribution in [3.8, 4) is 0 Å². The van der Waals surface area contributed by atoms with Gasteiger partial charge in [-0.2, -0.15) is 0 Å². The van der Waals surface area contributed by atoms with Crippen LogP contribution in [0.25, 0.3) is 0 Å². The van der Waals surface area contributed by atoms with E-state index in [9.17, 15) is 0 Å². The average molecular weight is 279 g/mol. The Hall–Kier alpha value is -1.39. The van der Waals surface area contributed by atoms with E-state index in [0.717, 1.165) is 18.5 Å². The summed E-state index contributed by atoms with van der Waals surface area (Å²) in [4.78, 5) is 9.12. The van der Waals surface area contributed by atoms with E-state index in [1.54, 1.807) is 0 Å². The second-order valence-corrected chi connectivity index (χ2v) is 5.39. The van der Waals surface area contributed by atoms with Crippen LogP contribution in [0.5, 0.6) is 0 Å². The standard InChI is InChI=1S/C14H21N.C2H4O3/c1-12-6-5-9-14(10-12)15-11-13-7-3-2-4-8-13;3-1-2(4)5/h2-4,7-8,12,14-15H,5-6,9-11H2,1H3;3H,1H2,(H,4,5). The normalized spacial score (nSPS) is 21.7. The van der Waals surface area contributed by atoms with Gasteiger partial charge in [-0.3, -0.25) is 0 Å². The zero-order valence-corrected chi connectivity index (χ0v) is 12.1. The van der Waals surface area contributed by atoms with Gasteiger partial charge in [-0.15, -0.1) is 0 Å². The van der Waals surface area contributed by atoms with Crippen LogP contribution in [0.3, 0.4) is 0 Å². The van der Waals surface area contributed by atoms with Crippen LogP contribution in [0.4, 0.5) is 0 Å². The molecule has 2 unspecified atom stereocenters. The van der Waals surface area contributed by atoms with E-state index in [4.69, 9.17) is 15.0 Å². The van der Waals surface area contributed by atoms with Gasteiger partial charge in [-0.05, 0) is 24.3 Å². The van der Waals surface area contributed by atoms with Crippen molar-refractivity contribution in [1.29, 1.82) is 0 Å². The molecule has 0 spiro atoms. The fraction of sp³-hybridized carbons (Fsp3) is 0.562. The van der Waals surface area contributed by atoms with Crippen molar-refractivity contribution in [3.05, 3.63) is 35.9 Å². The number of carbonyl (C=O) groups is 1. The third kappa shape index (κ3) is 7.26. The van der Waals surface area contributed by atoms with Gasteiger partial charge in [-0.25, -0.2) is 4.79 Å². The van der Waals surface area contributed by atoms with Crippen LogP contribution in [0.15, 0.2) is 30.3 Å². The summed E-state index contributed by atoms with van der Waals surface area (Å²) in [7, 11) is 0. The number of carboxylic acids is 1. The third-order valence-corrected chi connectivity index (χ3v) is 3.51. The molecule has 0 aromatic heterocycles. The number of carboxylic acid groups (broad SMARTS) is 1. The number of nitrogens with one attached hydrogen (secondary N) is 1. The fourth-order valence-electron chi connectivity index (χ4n) is 2.48. The molecule has 4 nitrogen and oxygen atoms in total. The van der Waals surface area contributed by atoms with Gasteiger partial charge >= 0.3 is 5.97 Å². The summed E-state index contributed by atoms with van der Waals surface area (Å²) in [5.74, 6) is -0.281. The average Bonchev–Trinajstić information content (AvgIpc) is 2.47. The highest BCUT2D eigenvalue weighted by molar-refractivity contribution is 5.67. The number of hydrogen-bond donors (Lipinski definition) is 3.